The summed E-state index contributed by atoms with van der Waals surface area (Å²) in [7, 11) is 0. The van der Waals surface area contributed by atoms with Gasteiger partial charge in [-0.3, -0.25) is 4.79 Å². The van der Waals surface area contributed by atoms with Gasteiger partial charge in [-0.05, 0) is 43.4 Å². The van der Waals surface area contributed by atoms with Gasteiger partial charge < -0.3 is 19.1 Å². The first-order valence-corrected chi connectivity index (χ1v) is 9.88. The van der Waals surface area contributed by atoms with Gasteiger partial charge in [0, 0.05) is 42.9 Å². The largest absolute Gasteiger partial charge is 0.381 e. The molecule has 1 spiro atoms. The summed E-state index contributed by atoms with van der Waals surface area (Å²) < 4.78 is 17.5. The van der Waals surface area contributed by atoms with Crippen molar-refractivity contribution in [2.45, 2.75) is 24.9 Å². The zero-order valence-corrected chi connectivity index (χ0v) is 15.7. The Labute approximate surface area is 159 Å². The molecule has 0 aliphatic carbocycles. The summed E-state index contributed by atoms with van der Waals surface area (Å²) in [5.41, 5.74) is 0.418. The van der Waals surface area contributed by atoms with Crippen LogP contribution in [0.1, 0.15) is 29.6 Å². The fourth-order valence-electron chi connectivity index (χ4n) is 4.21. The predicted molar refractivity (Wildman–Crippen MR) is 98.5 cm³/mol. The second kappa shape index (κ2) is 7.85. The Morgan fingerprint density at radius 2 is 2.00 bits per heavy atom. The third-order valence-corrected chi connectivity index (χ3v) is 6.12. The maximum absolute atomic E-state index is 12.6. The molecule has 142 valence electrons. The van der Waals surface area contributed by atoms with Crippen molar-refractivity contribution < 1.29 is 19.0 Å². The lowest BCUT2D eigenvalue weighted by atomic mass is 9.81. The van der Waals surface area contributed by atoms with Crippen molar-refractivity contribution in [3.63, 3.8) is 0 Å². The number of hydrogen-bond acceptors (Lipinski definition) is 4. The van der Waals surface area contributed by atoms with Crippen LogP contribution in [0.25, 0.3) is 0 Å². The average Bonchev–Trinajstić information content (AvgIpc) is 3.05. The fraction of sp³-hybridized carbons (Fsp3) is 0.650. The summed E-state index contributed by atoms with van der Waals surface area (Å²) in [6, 6.07) is 7.12. The molecule has 26 heavy (non-hydrogen) atoms. The number of amides is 1. The first kappa shape index (κ1) is 18.2. The van der Waals surface area contributed by atoms with E-state index in [-0.39, 0.29) is 11.5 Å². The van der Waals surface area contributed by atoms with E-state index in [1.807, 2.05) is 17.0 Å². The van der Waals surface area contributed by atoms with Crippen LogP contribution >= 0.6 is 11.6 Å². The van der Waals surface area contributed by atoms with E-state index in [4.69, 9.17) is 25.8 Å². The minimum atomic E-state index is -0.218. The molecule has 3 aliphatic heterocycles. The van der Waals surface area contributed by atoms with Gasteiger partial charge in [-0.2, -0.15) is 0 Å². The van der Waals surface area contributed by atoms with Gasteiger partial charge in [-0.25, -0.2) is 0 Å². The first-order chi connectivity index (χ1) is 12.7. The molecule has 5 nitrogen and oxygen atoms in total. The van der Waals surface area contributed by atoms with Crippen LogP contribution < -0.4 is 0 Å². The second-order valence-electron chi connectivity index (χ2n) is 7.66. The summed E-state index contributed by atoms with van der Waals surface area (Å²) in [4.78, 5) is 14.5. The van der Waals surface area contributed by atoms with E-state index in [1.165, 1.54) is 0 Å². The lowest BCUT2D eigenvalue weighted by Crippen LogP contribution is -2.66. The Morgan fingerprint density at radius 3 is 2.77 bits per heavy atom. The predicted octanol–water partition coefficient (Wildman–Crippen LogP) is 3.01. The van der Waals surface area contributed by atoms with E-state index in [1.54, 1.807) is 12.1 Å². The summed E-state index contributed by atoms with van der Waals surface area (Å²) in [5, 5.41) is 0.586. The summed E-state index contributed by atoms with van der Waals surface area (Å²) in [5.74, 6) is 1.01. The minimum Gasteiger partial charge on any atom is -0.381 e. The molecular weight excluding hydrogens is 354 g/mol. The van der Waals surface area contributed by atoms with Gasteiger partial charge in [0.15, 0.2) is 0 Å². The molecule has 4 rings (SSSR count). The highest BCUT2D eigenvalue weighted by Crippen LogP contribution is 2.40. The molecular formula is C20H26ClNO4. The zero-order chi connectivity index (χ0) is 18.0. The topological polar surface area (TPSA) is 48.0 Å². The number of likely N-dealkylation sites (tertiary alicyclic amines) is 1. The number of carbonyl (C=O) groups excluding carboxylic acids is 1. The molecule has 3 heterocycles. The standard InChI is InChI=1S/C20H26ClNO4/c21-18-3-1-2-16(10-18)19(23)22-13-20(14-22)17(6-9-26-20)12-25-11-15-4-7-24-8-5-15/h1-3,10,15,17H,4-9,11-14H2. The molecule has 0 bridgehead atoms. The number of hydrogen-bond donors (Lipinski definition) is 0. The van der Waals surface area contributed by atoms with Crippen LogP contribution in [0, 0.1) is 11.8 Å². The van der Waals surface area contributed by atoms with Crippen LogP contribution in [0.5, 0.6) is 0 Å². The van der Waals surface area contributed by atoms with Crippen LogP contribution in [-0.4, -0.2) is 62.5 Å². The van der Waals surface area contributed by atoms with E-state index in [2.05, 4.69) is 0 Å². The van der Waals surface area contributed by atoms with Crippen LogP contribution in [0.4, 0.5) is 0 Å². The summed E-state index contributed by atoms with van der Waals surface area (Å²) in [6.45, 7) is 5.27. The van der Waals surface area contributed by atoms with Crippen LogP contribution in [0.2, 0.25) is 5.02 Å². The molecule has 3 saturated heterocycles. The zero-order valence-electron chi connectivity index (χ0n) is 15.0. The Bertz CT molecular complexity index is 640. The van der Waals surface area contributed by atoms with Crippen molar-refractivity contribution in [1.29, 1.82) is 0 Å². The summed E-state index contributed by atoms with van der Waals surface area (Å²) >= 11 is 6.00. The third kappa shape index (κ3) is 3.77. The van der Waals surface area contributed by atoms with E-state index < -0.39 is 0 Å². The van der Waals surface area contributed by atoms with E-state index in [0.29, 0.717) is 35.5 Å². The minimum absolute atomic E-state index is 0.0236. The number of benzene rings is 1. The average molecular weight is 380 g/mol. The van der Waals surface area contributed by atoms with Gasteiger partial charge in [0.1, 0.15) is 5.60 Å². The number of rotatable bonds is 5. The summed E-state index contributed by atoms with van der Waals surface area (Å²) in [6.07, 6.45) is 3.19. The SMILES string of the molecule is O=C(c1cccc(Cl)c1)N1CC2(C1)OCCC2COCC1CCOCC1. The van der Waals surface area contributed by atoms with Crippen molar-refractivity contribution in [1.82, 2.24) is 4.90 Å². The molecule has 1 amide bonds. The Morgan fingerprint density at radius 1 is 1.19 bits per heavy atom. The molecule has 0 saturated carbocycles. The van der Waals surface area contributed by atoms with Crippen LogP contribution in [-0.2, 0) is 14.2 Å². The monoisotopic (exact) mass is 379 g/mol. The molecule has 1 aromatic carbocycles. The smallest absolute Gasteiger partial charge is 0.254 e. The van der Waals surface area contributed by atoms with Gasteiger partial charge in [0.05, 0.1) is 19.7 Å². The van der Waals surface area contributed by atoms with Crippen molar-refractivity contribution in [3.05, 3.63) is 34.9 Å². The molecule has 1 aromatic rings. The van der Waals surface area contributed by atoms with Gasteiger partial charge in [0.25, 0.3) is 5.91 Å². The van der Waals surface area contributed by atoms with Crippen molar-refractivity contribution in [2.24, 2.45) is 11.8 Å². The van der Waals surface area contributed by atoms with Gasteiger partial charge in [0.2, 0.25) is 0 Å². The van der Waals surface area contributed by atoms with E-state index >= 15 is 0 Å². The molecule has 0 aromatic heterocycles. The molecule has 1 atom stereocenters. The van der Waals surface area contributed by atoms with Crippen LogP contribution in [0.15, 0.2) is 24.3 Å². The molecule has 3 aliphatic rings. The maximum Gasteiger partial charge on any atom is 0.254 e. The molecule has 6 heteroatoms. The highest BCUT2D eigenvalue weighted by molar-refractivity contribution is 6.30. The first-order valence-electron chi connectivity index (χ1n) is 9.51. The highest BCUT2D eigenvalue weighted by atomic mass is 35.5. The third-order valence-electron chi connectivity index (χ3n) is 5.89. The Kier molecular flexibility index (Phi) is 5.50. The normalized spacial score (nSPS) is 25.4. The number of carbonyl (C=O) groups is 1. The quantitative estimate of drug-likeness (QED) is 0.789. The molecule has 0 N–H and O–H groups in total. The molecule has 3 fully saturated rings. The number of halogens is 1. The Hall–Kier alpha value is -1.14. The van der Waals surface area contributed by atoms with Crippen molar-refractivity contribution >= 4 is 17.5 Å². The lowest BCUT2D eigenvalue weighted by Gasteiger charge is -2.50. The fourth-order valence-corrected chi connectivity index (χ4v) is 4.40. The lowest BCUT2D eigenvalue weighted by molar-refractivity contribution is -0.129. The molecule has 0 radical (unpaired) electrons. The van der Waals surface area contributed by atoms with Crippen LogP contribution in [0.3, 0.4) is 0 Å². The van der Waals surface area contributed by atoms with E-state index in [9.17, 15) is 4.79 Å². The number of ether oxygens (including phenoxy) is 3. The van der Waals surface area contributed by atoms with Gasteiger partial charge >= 0.3 is 0 Å². The van der Waals surface area contributed by atoms with Gasteiger partial charge in [-0.15, -0.1) is 0 Å². The molecule has 1 unspecified atom stereocenters. The van der Waals surface area contributed by atoms with Gasteiger partial charge in [-0.1, -0.05) is 17.7 Å². The highest BCUT2D eigenvalue weighted by Gasteiger charge is 2.54. The van der Waals surface area contributed by atoms with Crippen molar-refractivity contribution in [3.8, 4) is 0 Å². The maximum atomic E-state index is 12.6. The van der Waals surface area contributed by atoms with Crippen molar-refractivity contribution in [2.75, 3.05) is 46.1 Å². The second-order valence-corrected chi connectivity index (χ2v) is 8.10. The Balaban J connectivity index is 1.28. The number of nitrogens with zero attached hydrogens (tertiary/aromatic N) is 1. The van der Waals surface area contributed by atoms with E-state index in [0.717, 1.165) is 52.3 Å².